The van der Waals surface area contributed by atoms with E-state index < -0.39 is 0 Å². The summed E-state index contributed by atoms with van der Waals surface area (Å²) in [5.74, 6) is 1.02. The quantitative estimate of drug-likeness (QED) is 0.218. The largest absolute Gasteiger partial charge is 0.385 e. The minimum absolute atomic E-state index is 0. The minimum atomic E-state index is 0. The van der Waals surface area contributed by atoms with Crippen LogP contribution in [0.5, 0.6) is 0 Å². The van der Waals surface area contributed by atoms with Crippen molar-refractivity contribution >= 4 is 41.5 Å². The second kappa shape index (κ2) is 13.1. The molecule has 1 saturated carbocycles. The van der Waals surface area contributed by atoms with Crippen molar-refractivity contribution in [3.8, 4) is 0 Å². The summed E-state index contributed by atoms with van der Waals surface area (Å²) in [7, 11) is 3.62. The molecule has 3 rings (SSSR count). The molecular formula is C23H37ClIN3O2. The Morgan fingerprint density at radius 2 is 1.83 bits per heavy atom. The van der Waals surface area contributed by atoms with Crippen LogP contribution in [0.4, 0.5) is 0 Å². The molecule has 1 saturated heterocycles. The molecule has 1 aliphatic carbocycles. The van der Waals surface area contributed by atoms with E-state index >= 15 is 0 Å². The summed E-state index contributed by atoms with van der Waals surface area (Å²) in [5, 5.41) is 4.50. The lowest BCUT2D eigenvalue weighted by Gasteiger charge is -2.36. The van der Waals surface area contributed by atoms with E-state index in [0.29, 0.717) is 6.10 Å². The van der Waals surface area contributed by atoms with Crippen LogP contribution in [-0.4, -0.2) is 64.0 Å². The number of methoxy groups -OCH3 is 1. The Balaban J connectivity index is 0.00000320. The van der Waals surface area contributed by atoms with Gasteiger partial charge >= 0.3 is 0 Å². The molecule has 2 aliphatic rings. The van der Waals surface area contributed by atoms with Crippen LogP contribution in [-0.2, 0) is 14.9 Å². The lowest BCUT2D eigenvalue weighted by atomic mass is 9.79. The molecule has 1 aromatic rings. The van der Waals surface area contributed by atoms with Crippen LogP contribution >= 0.6 is 35.6 Å². The van der Waals surface area contributed by atoms with E-state index in [-0.39, 0.29) is 29.4 Å². The first kappa shape index (κ1) is 25.7. The topological polar surface area (TPSA) is 46.1 Å². The Morgan fingerprint density at radius 3 is 2.43 bits per heavy atom. The predicted octanol–water partition coefficient (Wildman–Crippen LogP) is 4.86. The third kappa shape index (κ3) is 6.97. The van der Waals surface area contributed by atoms with E-state index in [2.05, 4.69) is 27.3 Å². The molecule has 1 heterocycles. The van der Waals surface area contributed by atoms with Crippen LogP contribution in [0.1, 0.15) is 50.5 Å². The first-order valence-electron chi connectivity index (χ1n) is 11.0. The van der Waals surface area contributed by atoms with E-state index in [1.54, 1.807) is 7.11 Å². The first-order chi connectivity index (χ1) is 14.2. The van der Waals surface area contributed by atoms with Crippen molar-refractivity contribution in [3.63, 3.8) is 0 Å². The Labute approximate surface area is 204 Å². The third-order valence-corrected chi connectivity index (χ3v) is 6.65. The van der Waals surface area contributed by atoms with Crippen LogP contribution in [0, 0.1) is 0 Å². The summed E-state index contributed by atoms with van der Waals surface area (Å²) < 4.78 is 11.1. The van der Waals surface area contributed by atoms with Crippen LogP contribution < -0.4 is 5.32 Å². The number of ether oxygens (including phenoxy) is 2. The zero-order valence-corrected chi connectivity index (χ0v) is 21.5. The van der Waals surface area contributed by atoms with Gasteiger partial charge in [-0.2, -0.15) is 0 Å². The van der Waals surface area contributed by atoms with Crippen molar-refractivity contribution < 1.29 is 9.47 Å². The maximum Gasteiger partial charge on any atom is 0.193 e. The maximum absolute atomic E-state index is 6.12. The van der Waals surface area contributed by atoms with Crippen molar-refractivity contribution in [2.24, 2.45) is 4.99 Å². The number of likely N-dealkylation sites (tertiary alicyclic amines) is 1. The highest BCUT2D eigenvalue weighted by Crippen LogP contribution is 2.41. The average Bonchev–Trinajstić information content (AvgIpc) is 3.23. The summed E-state index contributed by atoms with van der Waals surface area (Å²) in [4.78, 5) is 6.95. The van der Waals surface area contributed by atoms with Gasteiger partial charge in [-0.05, 0) is 49.8 Å². The van der Waals surface area contributed by atoms with Gasteiger partial charge in [-0.3, -0.25) is 4.99 Å². The number of hydrogen-bond donors (Lipinski definition) is 1. The molecular weight excluding hydrogens is 513 g/mol. The number of rotatable bonds is 8. The molecule has 2 fully saturated rings. The van der Waals surface area contributed by atoms with Crippen molar-refractivity contribution in [1.29, 1.82) is 0 Å². The van der Waals surface area contributed by atoms with Crippen LogP contribution in [0.3, 0.4) is 0 Å². The van der Waals surface area contributed by atoms with E-state index in [4.69, 9.17) is 21.1 Å². The van der Waals surface area contributed by atoms with Crippen molar-refractivity contribution in [1.82, 2.24) is 10.2 Å². The molecule has 30 heavy (non-hydrogen) atoms. The molecule has 0 atom stereocenters. The van der Waals surface area contributed by atoms with Crippen molar-refractivity contribution in [2.45, 2.75) is 56.5 Å². The zero-order valence-electron chi connectivity index (χ0n) is 18.4. The SMILES string of the molecule is CN=C(NCC1(c2ccc(Cl)cc2)CCCC1)N1CCC(OCCCOC)CC1.I. The molecule has 170 valence electrons. The highest BCUT2D eigenvalue weighted by atomic mass is 127. The normalized spacial score (nSPS) is 19.6. The summed E-state index contributed by atoms with van der Waals surface area (Å²) in [6.45, 7) is 4.46. The number of hydrogen-bond acceptors (Lipinski definition) is 3. The molecule has 1 N–H and O–H groups in total. The molecule has 0 spiro atoms. The highest BCUT2D eigenvalue weighted by Gasteiger charge is 2.36. The third-order valence-electron chi connectivity index (χ3n) is 6.40. The molecule has 5 nitrogen and oxygen atoms in total. The Hall–Kier alpha value is -0.570. The molecule has 1 aliphatic heterocycles. The van der Waals surface area contributed by atoms with E-state index in [9.17, 15) is 0 Å². The molecule has 7 heteroatoms. The fraction of sp³-hybridized carbons (Fsp3) is 0.696. The van der Waals surface area contributed by atoms with E-state index in [1.165, 1.54) is 31.2 Å². The molecule has 0 radical (unpaired) electrons. The van der Waals surface area contributed by atoms with Gasteiger partial charge in [-0.15, -0.1) is 24.0 Å². The van der Waals surface area contributed by atoms with Crippen LogP contribution in [0.2, 0.25) is 5.02 Å². The second-order valence-corrected chi connectivity index (χ2v) is 8.74. The fourth-order valence-electron chi connectivity index (χ4n) is 4.69. The summed E-state index contributed by atoms with van der Waals surface area (Å²) in [6.07, 6.45) is 8.44. The van der Waals surface area contributed by atoms with Gasteiger partial charge in [-0.25, -0.2) is 0 Å². The van der Waals surface area contributed by atoms with Crippen molar-refractivity contribution in [2.75, 3.05) is 47.0 Å². The average molecular weight is 550 g/mol. The highest BCUT2D eigenvalue weighted by molar-refractivity contribution is 14.0. The van der Waals surface area contributed by atoms with Gasteiger partial charge in [0.25, 0.3) is 0 Å². The lowest BCUT2D eigenvalue weighted by Crippen LogP contribution is -2.50. The van der Waals surface area contributed by atoms with Gasteiger partial charge in [0.1, 0.15) is 0 Å². The number of guanidine groups is 1. The minimum Gasteiger partial charge on any atom is -0.385 e. The standard InChI is InChI=1S/C23H36ClN3O2.HI/c1-25-22(27-14-10-21(11-15-27)29-17-5-16-28-2)26-18-23(12-3-4-13-23)19-6-8-20(24)9-7-19;/h6-9,21H,3-5,10-18H2,1-2H3,(H,25,26);1H. The lowest BCUT2D eigenvalue weighted by molar-refractivity contribution is 0.00987. The Kier molecular flexibility index (Phi) is 11.2. The van der Waals surface area contributed by atoms with Crippen molar-refractivity contribution in [3.05, 3.63) is 34.9 Å². The summed E-state index contributed by atoms with van der Waals surface area (Å²) in [6, 6.07) is 8.43. The monoisotopic (exact) mass is 549 g/mol. The maximum atomic E-state index is 6.12. The predicted molar refractivity (Wildman–Crippen MR) is 135 cm³/mol. The number of piperidine rings is 1. The number of benzene rings is 1. The van der Waals surface area contributed by atoms with Gasteiger partial charge in [0.2, 0.25) is 0 Å². The molecule has 0 bridgehead atoms. The molecule has 1 aromatic carbocycles. The van der Waals surface area contributed by atoms with Crippen LogP contribution in [0.25, 0.3) is 0 Å². The zero-order chi connectivity index (χ0) is 20.5. The molecule has 0 amide bonds. The Bertz CT molecular complexity index is 642. The van der Waals surface area contributed by atoms with E-state index in [1.807, 2.05) is 19.2 Å². The first-order valence-corrected chi connectivity index (χ1v) is 11.4. The van der Waals surface area contributed by atoms with Crippen LogP contribution in [0.15, 0.2) is 29.3 Å². The fourth-order valence-corrected chi connectivity index (χ4v) is 4.82. The van der Waals surface area contributed by atoms with Gasteiger partial charge in [0.15, 0.2) is 5.96 Å². The summed E-state index contributed by atoms with van der Waals surface area (Å²) in [5.41, 5.74) is 1.58. The second-order valence-electron chi connectivity index (χ2n) is 8.30. The number of nitrogens with one attached hydrogen (secondary N) is 1. The summed E-state index contributed by atoms with van der Waals surface area (Å²) >= 11 is 6.12. The van der Waals surface area contributed by atoms with Gasteiger partial charge in [0.05, 0.1) is 6.10 Å². The van der Waals surface area contributed by atoms with Gasteiger partial charge in [-0.1, -0.05) is 36.6 Å². The smallest absolute Gasteiger partial charge is 0.193 e. The number of aliphatic imine (C=N–C) groups is 1. The van der Waals surface area contributed by atoms with Gasteiger partial charge in [0, 0.05) is 57.4 Å². The van der Waals surface area contributed by atoms with Gasteiger partial charge < -0.3 is 19.7 Å². The number of nitrogens with zero attached hydrogens (tertiary/aromatic N) is 2. The van der Waals surface area contributed by atoms with E-state index in [0.717, 1.165) is 63.1 Å². The Morgan fingerprint density at radius 1 is 1.17 bits per heavy atom. The number of halogens is 2. The molecule has 0 aromatic heterocycles. The molecule has 0 unspecified atom stereocenters.